The van der Waals surface area contributed by atoms with Crippen LogP contribution in [-0.2, 0) is 9.59 Å². The van der Waals surface area contributed by atoms with Crippen LogP contribution in [0.25, 0.3) is 5.57 Å². The molecule has 1 aromatic carbocycles. The molecule has 0 saturated heterocycles. The van der Waals surface area contributed by atoms with Crippen molar-refractivity contribution in [2.45, 2.75) is 0 Å². The molecular formula is C11H8FNO3. The van der Waals surface area contributed by atoms with Crippen LogP contribution in [-0.4, -0.2) is 18.9 Å². The van der Waals surface area contributed by atoms with E-state index in [0.717, 1.165) is 0 Å². The van der Waals surface area contributed by atoms with Crippen molar-refractivity contribution in [3.8, 4) is 5.75 Å². The molecule has 0 saturated carbocycles. The minimum Gasteiger partial charge on any atom is -0.494 e. The third-order valence-corrected chi connectivity index (χ3v) is 2.22. The molecule has 1 aliphatic heterocycles. The standard InChI is InChI=1S/C11H8FNO3/c1-16-9-4-6(2-3-8(9)12)7-5-10(14)13-11(7)15/h2-5H,1H3,(H,13,14,15). The molecule has 82 valence electrons. The molecule has 0 fully saturated rings. The number of ether oxygens (including phenoxy) is 1. The smallest absolute Gasteiger partial charge is 0.258 e. The molecule has 1 aliphatic rings. The molecule has 1 aromatic rings. The van der Waals surface area contributed by atoms with Gasteiger partial charge < -0.3 is 4.74 Å². The van der Waals surface area contributed by atoms with E-state index in [1.54, 1.807) is 0 Å². The van der Waals surface area contributed by atoms with E-state index in [2.05, 4.69) is 5.32 Å². The summed E-state index contributed by atoms with van der Waals surface area (Å²) in [5, 5.41) is 2.11. The number of benzene rings is 1. The van der Waals surface area contributed by atoms with E-state index in [4.69, 9.17) is 4.74 Å². The van der Waals surface area contributed by atoms with Gasteiger partial charge >= 0.3 is 0 Å². The lowest BCUT2D eigenvalue weighted by atomic mass is 10.1. The Morgan fingerprint density at radius 2 is 2.06 bits per heavy atom. The van der Waals surface area contributed by atoms with E-state index in [1.807, 2.05) is 0 Å². The van der Waals surface area contributed by atoms with Crippen molar-refractivity contribution < 1.29 is 18.7 Å². The van der Waals surface area contributed by atoms with E-state index in [9.17, 15) is 14.0 Å². The van der Waals surface area contributed by atoms with Gasteiger partial charge in [-0.05, 0) is 17.7 Å². The van der Waals surface area contributed by atoms with Crippen LogP contribution in [0.2, 0.25) is 0 Å². The molecule has 0 bridgehead atoms. The van der Waals surface area contributed by atoms with Gasteiger partial charge in [0, 0.05) is 6.08 Å². The van der Waals surface area contributed by atoms with Crippen LogP contribution in [0.15, 0.2) is 24.3 Å². The second-order valence-corrected chi connectivity index (χ2v) is 3.23. The average molecular weight is 221 g/mol. The summed E-state index contributed by atoms with van der Waals surface area (Å²) in [6.45, 7) is 0. The van der Waals surface area contributed by atoms with Gasteiger partial charge in [-0.25, -0.2) is 4.39 Å². The lowest BCUT2D eigenvalue weighted by Gasteiger charge is -2.05. The Labute approximate surface area is 90.7 Å². The summed E-state index contributed by atoms with van der Waals surface area (Å²) in [6, 6.07) is 3.98. The molecule has 0 aromatic heterocycles. The Hall–Kier alpha value is -2.17. The van der Waals surface area contributed by atoms with Crippen LogP contribution in [0, 0.1) is 5.82 Å². The van der Waals surface area contributed by atoms with Gasteiger partial charge in [-0.3, -0.25) is 14.9 Å². The summed E-state index contributed by atoms with van der Waals surface area (Å²) >= 11 is 0. The summed E-state index contributed by atoms with van der Waals surface area (Å²) in [6.07, 6.45) is 1.18. The van der Waals surface area contributed by atoms with Gasteiger partial charge in [0.05, 0.1) is 12.7 Å². The van der Waals surface area contributed by atoms with Gasteiger partial charge in [0.15, 0.2) is 11.6 Å². The topological polar surface area (TPSA) is 55.4 Å². The molecule has 5 heteroatoms. The molecule has 0 spiro atoms. The third kappa shape index (κ3) is 1.67. The Kier molecular flexibility index (Phi) is 2.44. The van der Waals surface area contributed by atoms with Crippen molar-refractivity contribution in [1.82, 2.24) is 5.32 Å². The van der Waals surface area contributed by atoms with Crippen LogP contribution in [0.5, 0.6) is 5.75 Å². The fourth-order valence-corrected chi connectivity index (χ4v) is 1.45. The lowest BCUT2D eigenvalue weighted by molar-refractivity contribution is -0.123. The number of hydrogen-bond acceptors (Lipinski definition) is 3. The highest BCUT2D eigenvalue weighted by molar-refractivity contribution is 6.33. The summed E-state index contributed by atoms with van der Waals surface area (Å²) in [5.74, 6) is -1.44. The number of imide groups is 1. The number of rotatable bonds is 2. The second kappa shape index (κ2) is 3.77. The highest BCUT2D eigenvalue weighted by atomic mass is 19.1. The molecule has 4 nitrogen and oxygen atoms in total. The molecular weight excluding hydrogens is 213 g/mol. The molecule has 0 aliphatic carbocycles. The van der Waals surface area contributed by atoms with Crippen molar-refractivity contribution in [3.05, 3.63) is 35.7 Å². The Bertz CT molecular complexity index is 508. The minimum absolute atomic E-state index is 0.0329. The number of halogens is 1. The summed E-state index contributed by atoms with van der Waals surface area (Å²) in [5.41, 5.74) is 0.657. The Morgan fingerprint density at radius 3 is 2.62 bits per heavy atom. The van der Waals surface area contributed by atoms with Crippen molar-refractivity contribution in [1.29, 1.82) is 0 Å². The van der Waals surface area contributed by atoms with E-state index >= 15 is 0 Å². The number of carbonyl (C=O) groups is 2. The highest BCUT2D eigenvalue weighted by Gasteiger charge is 2.22. The van der Waals surface area contributed by atoms with Gasteiger partial charge in [-0.1, -0.05) is 6.07 Å². The minimum atomic E-state index is -0.517. The van der Waals surface area contributed by atoms with Crippen LogP contribution in [0.4, 0.5) is 4.39 Å². The van der Waals surface area contributed by atoms with Crippen LogP contribution < -0.4 is 10.1 Å². The molecule has 2 rings (SSSR count). The zero-order valence-electron chi connectivity index (χ0n) is 8.41. The molecule has 2 amide bonds. The van der Waals surface area contributed by atoms with Gasteiger partial charge in [0.2, 0.25) is 0 Å². The van der Waals surface area contributed by atoms with Gasteiger partial charge in [0.1, 0.15) is 0 Å². The predicted octanol–water partition coefficient (Wildman–Crippen LogP) is 0.874. The van der Waals surface area contributed by atoms with Crippen LogP contribution in [0.3, 0.4) is 0 Å². The summed E-state index contributed by atoms with van der Waals surface area (Å²) < 4.78 is 17.9. The molecule has 1 N–H and O–H groups in total. The fourth-order valence-electron chi connectivity index (χ4n) is 1.45. The molecule has 0 radical (unpaired) electrons. The third-order valence-electron chi connectivity index (χ3n) is 2.22. The van der Waals surface area contributed by atoms with Crippen molar-refractivity contribution in [2.75, 3.05) is 7.11 Å². The SMILES string of the molecule is COc1cc(C2=CC(=O)NC2=O)ccc1F. The van der Waals surface area contributed by atoms with Crippen LogP contribution in [0.1, 0.15) is 5.56 Å². The normalized spacial score (nSPS) is 14.8. The van der Waals surface area contributed by atoms with Crippen LogP contribution >= 0.6 is 0 Å². The first-order valence-corrected chi connectivity index (χ1v) is 4.52. The average Bonchev–Trinajstić information content (AvgIpc) is 2.59. The lowest BCUT2D eigenvalue weighted by Crippen LogP contribution is -2.21. The van der Waals surface area contributed by atoms with E-state index in [-0.39, 0.29) is 11.3 Å². The van der Waals surface area contributed by atoms with E-state index < -0.39 is 17.6 Å². The molecule has 16 heavy (non-hydrogen) atoms. The maximum absolute atomic E-state index is 13.1. The molecule has 0 atom stereocenters. The number of hydrogen-bond donors (Lipinski definition) is 1. The number of nitrogens with one attached hydrogen (secondary N) is 1. The van der Waals surface area contributed by atoms with E-state index in [0.29, 0.717) is 5.56 Å². The van der Waals surface area contributed by atoms with Gasteiger partial charge in [0.25, 0.3) is 11.8 Å². The maximum Gasteiger partial charge on any atom is 0.258 e. The predicted molar refractivity (Wildman–Crippen MR) is 54.1 cm³/mol. The maximum atomic E-state index is 13.1. The van der Waals surface area contributed by atoms with Crippen molar-refractivity contribution >= 4 is 17.4 Å². The second-order valence-electron chi connectivity index (χ2n) is 3.23. The van der Waals surface area contributed by atoms with Gasteiger partial charge in [-0.15, -0.1) is 0 Å². The van der Waals surface area contributed by atoms with Gasteiger partial charge in [-0.2, -0.15) is 0 Å². The zero-order valence-corrected chi connectivity index (χ0v) is 8.41. The van der Waals surface area contributed by atoms with Crippen molar-refractivity contribution in [2.24, 2.45) is 0 Å². The zero-order chi connectivity index (χ0) is 11.7. The fraction of sp³-hybridized carbons (Fsp3) is 0.0909. The first-order valence-electron chi connectivity index (χ1n) is 4.52. The van der Waals surface area contributed by atoms with Crippen molar-refractivity contribution in [3.63, 3.8) is 0 Å². The first kappa shape index (κ1) is 10.4. The Balaban J connectivity index is 2.45. The number of carbonyl (C=O) groups excluding carboxylic acids is 2. The quantitative estimate of drug-likeness (QED) is 0.754. The first-order chi connectivity index (χ1) is 7.61. The number of amides is 2. The largest absolute Gasteiger partial charge is 0.494 e. The number of methoxy groups -OCH3 is 1. The van der Waals surface area contributed by atoms with E-state index in [1.165, 1.54) is 31.4 Å². The summed E-state index contributed by atoms with van der Waals surface area (Å²) in [7, 11) is 1.33. The Morgan fingerprint density at radius 1 is 1.31 bits per heavy atom. The molecule has 1 heterocycles. The monoisotopic (exact) mass is 221 g/mol. The summed E-state index contributed by atoms with van der Waals surface area (Å²) in [4.78, 5) is 22.3. The molecule has 0 unspecified atom stereocenters. The highest BCUT2D eigenvalue weighted by Crippen LogP contribution is 2.24.